The van der Waals surface area contributed by atoms with Gasteiger partial charge >= 0.3 is 0 Å². The molecule has 0 radical (unpaired) electrons. The van der Waals surface area contributed by atoms with Gasteiger partial charge in [0.15, 0.2) is 0 Å². The lowest BCUT2D eigenvalue weighted by molar-refractivity contribution is -0.671. The molecule has 2 heterocycles. The molecular formula is C30H28Cl2N4O2. The number of hydrogen-bond donors (Lipinski definition) is 2. The van der Waals surface area contributed by atoms with Gasteiger partial charge in [-0.3, -0.25) is 0 Å². The summed E-state index contributed by atoms with van der Waals surface area (Å²) in [5.41, 5.74) is 2.92. The predicted molar refractivity (Wildman–Crippen MR) is 140 cm³/mol. The first-order valence-electron chi connectivity index (χ1n) is 12.0. The smallest absolute Gasteiger partial charge is 0.243 e. The highest BCUT2D eigenvalue weighted by molar-refractivity contribution is 6.10. The second-order valence-corrected chi connectivity index (χ2v) is 9.46. The summed E-state index contributed by atoms with van der Waals surface area (Å²) in [4.78, 5) is 0. The van der Waals surface area contributed by atoms with E-state index in [1.54, 1.807) is 0 Å². The number of phenolic OH excluding ortho intramolecular Hbond substituents is 2. The normalized spacial score (nSPS) is 10.9. The van der Waals surface area contributed by atoms with Crippen molar-refractivity contribution < 1.29 is 44.2 Å². The van der Waals surface area contributed by atoms with Gasteiger partial charge in [-0.2, -0.15) is 0 Å². The average Bonchev–Trinajstić information content (AvgIpc) is 3.48. The van der Waals surface area contributed by atoms with E-state index < -0.39 is 0 Å². The van der Waals surface area contributed by atoms with Crippen LogP contribution in [0.15, 0.2) is 98.1 Å². The second-order valence-electron chi connectivity index (χ2n) is 9.46. The summed E-state index contributed by atoms with van der Waals surface area (Å²) in [6.07, 6.45) is 11.9. The molecule has 0 aliphatic heterocycles. The van der Waals surface area contributed by atoms with Gasteiger partial charge in [-0.15, -0.1) is 0 Å². The Bertz CT molecular complexity index is 1630. The molecule has 38 heavy (non-hydrogen) atoms. The Balaban J connectivity index is 0.00000168. The summed E-state index contributed by atoms with van der Waals surface area (Å²) in [6, 6.07) is 20.2. The maximum Gasteiger partial charge on any atom is 0.243 e. The molecule has 0 fully saturated rings. The molecule has 0 atom stereocenters. The van der Waals surface area contributed by atoms with Crippen LogP contribution in [0.25, 0.3) is 32.7 Å². The largest absolute Gasteiger partial charge is 1.00 e. The van der Waals surface area contributed by atoms with E-state index >= 15 is 0 Å². The fourth-order valence-corrected chi connectivity index (χ4v) is 5.12. The maximum atomic E-state index is 11.7. The first-order valence-corrected chi connectivity index (χ1v) is 12.0. The number of imidazole rings is 2. The zero-order valence-corrected chi connectivity index (χ0v) is 22.6. The van der Waals surface area contributed by atoms with Crippen LogP contribution in [-0.2, 0) is 27.2 Å². The molecule has 0 saturated heterocycles. The molecule has 0 amide bonds. The van der Waals surface area contributed by atoms with Crippen LogP contribution in [0.3, 0.4) is 0 Å². The van der Waals surface area contributed by atoms with E-state index in [1.165, 1.54) is 0 Å². The van der Waals surface area contributed by atoms with Gasteiger partial charge < -0.3 is 35.0 Å². The van der Waals surface area contributed by atoms with E-state index in [4.69, 9.17) is 0 Å². The third-order valence-corrected chi connectivity index (χ3v) is 6.80. The Morgan fingerprint density at radius 3 is 1.39 bits per heavy atom. The third kappa shape index (κ3) is 4.80. The highest BCUT2D eigenvalue weighted by Crippen LogP contribution is 2.47. The number of aryl methyl sites for hydroxylation is 2. The van der Waals surface area contributed by atoms with Crippen molar-refractivity contribution in [1.29, 1.82) is 0 Å². The Morgan fingerprint density at radius 1 is 0.632 bits per heavy atom. The van der Waals surface area contributed by atoms with Crippen LogP contribution in [0.2, 0.25) is 0 Å². The van der Waals surface area contributed by atoms with Crippen LogP contribution in [-0.4, -0.2) is 19.3 Å². The summed E-state index contributed by atoms with van der Waals surface area (Å²) < 4.78 is 8.02. The summed E-state index contributed by atoms with van der Waals surface area (Å²) >= 11 is 0. The van der Waals surface area contributed by atoms with E-state index in [1.807, 2.05) is 118 Å². The molecule has 6 rings (SSSR count). The monoisotopic (exact) mass is 546 g/mol. The summed E-state index contributed by atoms with van der Waals surface area (Å²) in [6.45, 7) is 1.03. The topological polar surface area (TPSA) is 58.1 Å². The molecule has 0 unspecified atom stereocenters. The predicted octanol–water partition coefficient (Wildman–Crippen LogP) is -1.57. The lowest BCUT2D eigenvalue weighted by atomic mass is 9.88. The molecule has 0 aliphatic rings. The Kier molecular flexibility index (Phi) is 7.67. The number of fused-ring (bicyclic) bond motifs is 2. The van der Waals surface area contributed by atoms with Crippen molar-refractivity contribution in [3.8, 4) is 22.6 Å². The van der Waals surface area contributed by atoms with Gasteiger partial charge in [0.25, 0.3) is 0 Å². The number of nitrogens with zero attached hydrogens (tertiary/aromatic N) is 4. The average molecular weight is 547 g/mol. The van der Waals surface area contributed by atoms with Crippen molar-refractivity contribution in [2.45, 2.75) is 13.1 Å². The van der Waals surface area contributed by atoms with Gasteiger partial charge in [-0.05, 0) is 33.7 Å². The molecule has 6 aromatic rings. The summed E-state index contributed by atoms with van der Waals surface area (Å²) in [5.74, 6) is 0.380. The van der Waals surface area contributed by atoms with E-state index in [0.29, 0.717) is 24.2 Å². The Morgan fingerprint density at radius 2 is 1.03 bits per heavy atom. The van der Waals surface area contributed by atoms with Crippen molar-refractivity contribution in [1.82, 2.24) is 9.13 Å². The number of rotatable bonds is 5. The SMILES string of the molecule is C[n+]1ccn(Cc2cc3ccccc3c(-c3c(O)c(Cn4cc[n+](C)c4)cc4ccccc34)c2O)c1.[Cl-].[Cl-]. The summed E-state index contributed by atoms with van der Waals surface area (Å²) in [5, 5.41) is 27.3. The van der Waals surface area contributed by atoms with Gasteiger partial charge in [-0.25, -0.2) is 18.3 Å². The standard InChI is InChI=1S/C30H26N4O2.2ClH/c1-31-11-13-33(19-31)17-23-15-21-7-3-5-9-25(21)27(29(23)35)28-26-10-6-4-8-22(26)16-24(30(28)36)18-34-14-12-32(2)20-34;;/h3-16,19-20H,17-18H2,1-2H3;2*1H. The zero-order chi connectivity index (χ0) is 24.8. The third-order valence-electron chi connectivity index (χ3n) is 6.80. The molecule has 8 heteroatoms. The van der Waals surface area contributed by atoms with Crippen molar-refractivity contribution in [3.05, 3.63) is 109 Å². The molecule has 194 valence electrons. The molecular weight excluding hydrogens is 519 g/mol. The van der Waals surface area contributed by atoms with Crippen molar-refractivity contribution in [2.75, 3.05) is 0 Å². The number of phenols is 2. The first kappa shape index (κ1) is 27.0. The molecule has 2 aromatic heterocycles. The second kappa shape index (κ2) is 10.8. The number of aromatic nitrogens is 4. The van der Waals surface area contributed by atoms with Crippen LogP contribution < -0.4 is 33.9 Å². The maximum absolute atomic E-state index is 11.7. The highest BCUT2D eigenvalue weighted by atomic mass is 35.5. The van der Waals surface area contributed by atoms with Gasteiger partial charge in [-0.1, -0.05) is 48.5 Å². The van der Waals surface area contributed by atoms with Crippen molar-refractivity contribution in [2.24, 2.45) is 14.1 Å². The molecule has 0 bridgehead atoms. The molecule has 0 saturated carbocycles. The van der Waals surface area contributed by atoms with Gasteiger partial charge in [0, 0.05) is 22.3 Å². The molecule has 0 spiro atoms. The minimum atomic E-state index is 0. The number of aromatic hydroxyl groups is 2. The first-order chi connectivity index (χ1) is 17.5. The van der Waals surface area contributed by atoms with Crippen LogP contribution in [0.1, 0.15) is 11.1 Å². The number of benzene rings is 4. The Hall–Kier alpha value is -4.00. The van der Waals surface area contributed by atoms with E-state index in [9.17, 15) is 10.2 Å². The van der Waals surface area contributed by atoms with Crippen LogP contribution in [0, 0.1) is 0 Å². The zero-order valence-electron chi connectivity index (χ0n) is 21.1. The van der Waals surface area contributed by atoms with E-state index in [2.05, 4.69) is 12.1 Å². The van der Waals surface area contributed by atoms with Gasteiger partial charge in [0.1, 0.15) is 49.4 Å². The number of hydrogen-bond acceptors (Lipinski definition) is 2. The fraction of sp³-hybridized carbons (Fsp3) is 0.133. The van der Waals surface area contributed by atoms with Crippen molar-refractivity contribution >= 4 is 21.5 Å². The van der Waals surface area contributed by atoms with Crippen LogP contribution in [0.5, 0.6) is 11.5 Å². The van der Waals surface area contributed by atoms with E-state index in [-0.39, 0.29) is 36.3 Å². The van der Waals surface area contributed by atoms with E-state index in [0.717, 1.165) is 32.7 Å². The minimum Gasteiger partial charge on any atom is -1.00 e. The van der Waals surface area contributed by atoms with Gasteiger partial charge in [0.05, 0.1) is 14.1 Å². The van der Waals surface area contributed by atoms with Gasteiger partial charge in [0.2, 0.25) is 12.7 Å². The highest BCUT2D eigenvalue weighted by Gasteiger charge is 2.23. The lowest BCUT2D eigenvalue weighted by Crippen LogP contribution is -3.00. The quantitative estimate of drug-likeness (QED) is 0.257. The van der Waals surface area contributed by atoms with Crippen LogP contribution in [0.4, 0.5) is 0 Å². The summed E-state index contributed by atoms with van der Waals surface area (Å²) in [7, 11) is 3.95. The molecule has 4 aromatic carbocycles. The van der Waals surface area contributed by atoms with Crippen molar-refractivity contribution in [3.63, 3.8) is 0 Å². The molecule has 2 N–H and O–H groups in total. The number of halogens is 2. The Labute approximate surface area is 233 Å². The minimum absolute atomic E-state index is 0. The molecule has 0 aliphatic carbocycles. The fourth-order valence-electron chi connectivity index (χ4n) is 5.12. The van der Waals surface area contributed by atoms with Crippen LogP contribution >= 0.6 is 0 Å². The molecule has 6 nitrogen and oxygen atoms in total. The lowest BCUT2D eigenvalue weighted by Gasteiger charge is -2.18.